The molecule has 202 valence electrons. The summed E-state index contributed by atoms with van der Waals surface area (Å²) in [6.45, 7) is 6.03. The molecule has 11 heteroatoms. The van der Waals surface area contributed by atoms with Crippen LogP contribution in [0.4, 0.5) is 18.0 Å². The molecule has 0 aromatic heterocycles. The topological polar surface area (TPSA) is 103 Å². The van der Waals surface area contributed by atoms with Crippen molar-refractivity contribution in [2.45, 2.75) is 45.3 Å². The van der Waals surface area contributed by atoms with Crippen LogP contribution in [0.5, 0.6) is 0 Å². The van der Waals surface area contributed by atoms with Gasteiger partial charge in [-0.25, -0.2) is 18.0 Å². The van der Waals surface area contributed by atoms with Gasteiger partial charge in [0.15, 0.2) is 11.6 Å². The first-order chi connectivity index (χ1) is 17.9. The van der Waals surface area contributed by atoms with Crippen LogP contribution in [0.25, 0.3) is 0 Å². The number of carbonyl (C=O) groups excluding carboxylic acids is 3. The number of nitriles is 1. The first kappa shape index (κ1) is 28.5. The predicted octanol–water partition coefficient (Wildman–Crippen LogP) is 4.31. The number of amides is 3. The molecule has 0 radical (unpaired) electrons. The number of carbonyl (C=O) groups is 3. The number of piperazine rings is 1. The minimum atomic E-state index is -1.37. The van der Waals surface area contributed by atoms with Crippen LogP contribution in [0.15, 0.2) is 36.4 Å². The highest BCUT2D eigenvalue weighted by atomic mass is 19.2. The molecule has 1 N–H and O–H groups in total. The van der Waals surface area contributed by atoms with Gasteiger partial charge in [0.05, 0.1) is 17.7 Å². The molecule has 2 aromatic carbocycles. The molecule has 1 heterocycles. The lowest BCUT2D eigenvalue weighted by Gasteiger charge is -2.35. The zero-order valence-electron chi connectivity index (χ0n) is 21.4. The minimum absolute atomic E-state index is 0.0928. The fraction of sp³-hybridized carbons (Fsp3) is 0.407. The number of ether oxygens (including phenoxy) is 1. The average Bonchev–Trinajstić information content (AvgIpc) is 2.87. The van der Waals surface area contributed by atoms with E-state index in [1.54, 1.807) is 54.8 Å². The van der Waals surface area contributed by atoms with Gasteiger partial charge in [0, 0.05) is 49.8 Å². The zero-order chi connectivity index (χ0) is 28.0. The van der Waals surface area contributed by atoms with Crippen molar-refractivity contribution in [1.82, 2.24) is 15.1 Å². The average molecular weight is 531 g/mol. The molecule has 1 fully saturated rings. The Morgan fingerprint density at radius 1 is 0.974 bits per heavy atom. The summed E-state index contributed by atoms with van der Waals surface area (Å²) in [5, 5.41) is 11.4. The lowest BCUT2D eigenvalue weighted by atomic mass is 10.0. The number of alkyl carbamates (subject to hydrolysis) is 1. The summed E-state index contributed by atoms with van der Waals surface area (Å²) in [5.74, 6) is -4.22. The molecule has 1 aliphatic heterocycles. The Kier molecular flexibility index (Phi) is 8.99. The molecule has 0 aliphatic carbocycles. The van der Waals surface area contributed by atoms with E-state index in [1.807, 2.05) is 6.07 Å². The van der Waals surface area contributed by atoms with Gasteiger partial charge in [0.25, 0.3) is 5.91 Å². The van der Waals surface area contributed by atoms with Crippen LogP contribution in [0, 0.1) is 28.8 Å². The van der Waals surface area contributed by atoms with Crippen molar-refractivity contribution < 1.29 is 32.3 Å². The van der Waals surface area contributed by atoms with Gasteiger partial charge in [0.1, 0.15) is 11.4 Å². The maximum absolute atomic E-state index is 14.5. The van der Waals surface area contributed by atoms with Gasteiger partial charge >= 0.3 is 6.09 Å². The van der Waals surface area contributed by atoms with E-state index >= 15 is 0 Å². The first-order valence-corrected chi connectivity index (χ1v) is 12.1. The van der Waals surface area contributed by atoms with Gasteiger partial charge in [-0.1, -0.05) is 0 Å². The number of nitrogens with one attached hydrogen (secondary N) is 1. The highest BCUT2D eigenvalue weighted by Gasteiger charge is 2.28. The molecule has 1 saturated heterocycles. The van der Waals surface area contributed by atoms with Gasteiger partial charge in [-0.3, -0.25) is 9.59 Å². The summed E-state index contributed by atoms with van der Waals surface area (Å²) in [7, 11) is 0. The highest BCUT2D eigenvalue weighted by Crippen LogP contribution is 2.25. The molecule has 3 amide bonds. The fourth-order valence-electron chi connectivity index (χ4n) is 4.02. The van der Waals surface area contributed by atoms with Crippen molar-refractivity contribution >= 4 is 17.9 Å². The Morgan fingerprint density at radius 2 is 1.55 bits per heavy atom. The standard InChI is InChI=1S/C27H29F3N4O4/c1-27(2,3)38-26(37)32-23(19-14-21(29)22(30)15-20(19)28)8-9-24(35)33-10-12-34(13-11-33)25(36)18-6-4-17(16-31)5-7-18/h4-7,14-15,23H,8-13H2,1-3H3,(H,32,37). The summed E-state index contributed by atoms with van der Waals surface area (Å²) in [4.78, 5) is 41.1. The van der Waals surface area contributed by atoms with E-state index in [1.165, 1.54) is 0 Å². The molecule has 3 rings (SSSR count). The van der Waals surface area contributed by atoms with Gasteiger partial charge in [-0.05, 0) is 57.5 Å². The molecule has 1 aliphatic rings. The number of hydrogen-bond acceptors (Lipinski definition) is 5. The van der Waals surface area contributed by atoms with E-state index in [4.69, 9.17) is 10.00 Å². The van der Waals surface area contributed by atoms with E-state index in [-0.39, 0.29) is 43.3 Å². The Morgan fingerprint density at radius 3 is 2.13 bits per heavy atom. The van der Waals surface area contributed by atoms with Gasteiger partial charge in [-0.15, -0.1) is 0 Å². The number of halogens is 3. The van der Waals surface area contributed by atoms with Crippen LogP contribution in [0.2, 0.25) is 0 Å². The van der Waals surface area contributed by atoms with Crippen molar-refractivity contribution in [2.75, 3.05) is 26.2 Å². The fourth-order valence-corrected chi connectivity index (χ4v) is 4.02. The third-order valence-corrected chi connectivity index (χ3v) is 5.93. The summed E-state index contributed by atoms with van der Waals surface area (Å²) < 4.78 is 47.0. The zero-order valence-corrected chi connectivity index (χ0v) is 21.4. The quantitative estimate of drug-likeness (QED) is 0.561. The summed E-state index contributed by atoms with van der Waals surface area (Å²) >= 11 is 0. The van der Waals surface area contributed by atoms with E-state index in [9.17, 15) is 27.6 Å². The lowest BCUT2D eigenvalue weighted by molar-refractivity contribution is -0.132. The third-order valence-electron chi connectivity index (χ3n) is 5.93. The van der Waals surface area contributed by atoms with Crippen LogP contribution < -0.4 is 5.32 Å². The first-order valence-electron chi connectivity index (χ1n) is 12.1. The van der Waals surface area contributed by atoms with Crippen molar-refractivity contribution in [3.05, 3.63) is 70.5 Å². The Hall–Kier alpha value is -4.07. The van der Waals surface area contributed by atoms with Crippen molar-refractivity contribution in [3.8, 4) is 6.07 Å². The normalized spacial score (nSPS) is 14.4. The third kappa shape index (κ3) is 7.47. The Bertz CT molecular complexity index is 1230. The molecule has 38 heavy (non-hydrogen) atoms. The Balaban J connectivity index is 1.62. The smallest absolute Gasteiger partial charge is 0.408 e. The van der Waals surface area contributed by atoms with Gasteiger partial charge in [-0.2, -0.15) is 5.26 Å². The summed E-state index contributed by atoms with van der Waals surface area (Å²) in [6.07, 6.45) is -1.11. The molecule has 1 atom stereocenters. The minimum Gasteiger partial charge on any atom is -0.444 e. The van der Waals surface area contributed by atoms with E-state index in [0.717, 1.165) is 0 Å². The molecule has 1 unspecified atom stereocenters. The molecule has 0 spiro atoms. The number of benzene rings is 2. The highest BCUT2D eigenvalue weighted by molar-refractivity contribution is 5.94. The second kappa shape index (κ2) is 12.0. The number of nitrogens with zero attached hydrogens (tertiary/aromatic N) is 3. The number of hydrogen-bond donors (Lipinski definition) is 1. The van der Waals surface area contributed by atoms with Crippen molar-refractivity contribution in [3.63, 3.8) is 0 Å². The van der Waals surface area contributed by atoms with Gasteiger partial charge < -0.3 is 19.9 Å². The Labute approximate surface area is 219 Å². The monoisotopic (exact) mass is 530 g/mol. The van der Waals surface area contributed by atoms with E-state index < -0.39 is 35.2 Å². The van der Waals surface area contributed by atoms with Crippen LogP contribution in [0.3, 0.4) is 0 Å². The van der Waals surface area contributed by atoms with Crippen LogP contribution in [-0.4, -0.2) is 59.5 Å². The molecule has 0 saturated carbocycles. The van der Waals surface area contributed by atoms with Crippen LogP contribution >= 0.6 is 0 Å². The summed E-state index contributed by atoms with van der Waals surface area (Å²) in [6, 6.07) is 8.17. The largest absolute Gasteiger partial charge is 0.444 e. The molecule has 2 aromatic rings. The molecule has 8 nitrogen and oxygen atoms in total. The second-order valence-corrected chi connectivity index (χ2v) is 9.89. The van der Waals surface area contributed by atoms with E-state index in [0.29, 0.717) is 36.3 Å². The maximum atomic E-state index is 14.5. The van der Waals surface area contributed by atoms with Crippen molar-refractivity contribution in [2.24, 2.45) is 0 Å². The molecule has 0 bridgehead atoms. The maximum Gasteiger partial charge on any atom is 0.408 e. The molecular weight excluding hydrogens is 501 g/mol. The second-order valence-electron chi connectivity index (χ2n) is 9.89. The van der Waals surface area contributed by atoms with Crippen LogP contribution in [0.1, 0.15) is 61.1 Å². The molecular formula is C27H29F3N4O4. The van der Waals surface area contributed by atoms with Gasteiger partial charge in [0.2, 0.25) is 5.91 Å². The van der Waals surface area contributed by atoms with E-state index in [2.05, 4.69) is 5.32 Å². The number of rotatable bonds is 6. The lowest BCUT2D eigenvalue weighted by Crippen LogP contribution is -2.50. The predicted molar refractivity (Wildman–Crippen MR) is 131 cm³/mol. The SMILES string of the molecule is CC(C)(C)OC(=O)NC(CCC(=O)N1CCN(C(=O)c2ccc(C#N)cc2)CC1)c1cc(F)c(F)cc1F. The van der Waals surface area contributed by atoms with Crippen molar-refractivity contribution in [1.29, 1.82) is 5.26 Å². The summed E-state index contributed by atoms with van der Waals surface area (Å²) in [5.41, 5.74) is -0.278. The van der Waals surface area contributed by atoms with Crippen LogP contribution in [-0.2, 0) is 9.53 Å².